The summed E-state index contributed by atoms with van der Waals surface area (Å²) < 4.78 is 4.81. The number of rotatable bonds is 3. The summed E-state index contributed by atoms with van der Waals surface area (Å²) in [6.45, 7) is 0. The molecule has 0 N–H and O–H groups in total. The van der Waals surface area contributed by atoms with E-state index >= 15 is 0 Å². The number of ether oxygens (including phenoxy) is 1. The molecule has 0 spiro atoms. The van der Waals surface area contributed by atoms with Gasteiger partial charge < -0.3 is 4.74 Å². The molecule has 0 saturated carbocycles. The monoisotopic (exact) mass is 312 g/mol. The van der Waals surface area contributed by atoms with Crippen molar-refractivity contribution in [3.8, 4) is 11.3 Å². The van der Waals surface area contributed by atoms with Crippen molar-refractivity contribution in [3.05, 3.63) is 57.3 Å². The summed E-state index contributed by atoms with van der Waals surface area (Å²) in [5.74, 6) is -0.672. The van der Waals surface area contributed by atoms with Gasteiger partial charge in [-0.15, -0.1) is 0 Å². The van der Waals surface area contributed by atoms with Crippen molar-refractivity contribution in [2.75, 3.05) is 7.11 Å². The first kappa shape index (κ1) is 15.1. The second-order valence-corrected chi connectivity index (χ2v) is 5.43. The van der Waals surface area contributed by atoms with E-state index in [0.717, 1.165) is 25.0 Å². The van der Waals surface area contributed by atoms with Gasteiger partial charge in [0, 0.05) is 11.3 Å². The molecule has 3 rings (SSSR count). The molecule has 0 radical (unpaired) electrons. The first-order valence-corrected chi connectivity index (χ1v) is 7.47. The van der Waals surface area contributed by atoms with E-state index in [2.05, 4.69) is 4.98 Å². The van der Waals surface area contributed by atoms with E-state index in [0.29, 0.717) is 17.5 Å². The lowest BCUT2D eigenvalue weighted by molar-refractivity contribution is -0.384. The fourth-order valence-corrected chi connectivity index (χ4v) is 3.03. The topological polar surface area (TPSA) is 82.3 Å². The van der Waals surface area contributed by atoms with Crippen LogP contribution in [0.15, 0.2) is 30.3 Å². The maximum atomic E-state index is 12.2. The largest absolute Gasteiger partial charge is 0.465 e. The van der Waals surface area contributed by atoms with Crippen LogP contribution >= 0.6 is 0 Å². The molecular weight excluding hydrogens is 296 g/mol. The molecule has 6 nitrogen and oxygen atoms in total. The summed E-state index contributed by atoms with van der Waals surface area (Å²) >= 11 is 0. The smallest absolute Gasteiger partial charge is 0.345 e. The highest BCUT2D eigenvalue weighted by molar-refractivity contribution is 5.99. The fraction of sp³-hybridized carbons (Fsp3) is 0.294. The molecule has 0 atom stereocenters. The van der Waals surface area contributed by atoms with Crippen LogP contribution in [0.4, 0.5) is 5.69 Å². The van der Waals surface area contributed by atoms with Crippen molar-refractivity contribution in [3.63, 3.8) is 0 Å². The van der Waals surface area contributed by atoms with Gasteiger partial charge in [-0.05, 0) is 31.2 Å². The molecular formula is C17H16N2O4. The molecule has 118 valence electrons. The number of fused-ring (bicyclic) bond motifs is 1. The van der Waals surface area contributed by atoms with Crippen LogP contribution in [-0.2, 0) is 17.6 Å². The molecule has 0 saturated heterocycles. The number of hydrogen-bond donors (Lipinski definition) is 0. The van der Waals surface area contributed by atoms with Crippen molar-refractivity contribution in [2.45, 2.75) is 25.7 Å². The van der Waals surface area contributed by atoms with Crippen molar-refractivity contribution in [1.82, 2.24) is 4.98 Å². The lowest BCUT2D eigenvalue weighted by Crippen LogP contribution is -2.17. The van der Waals surface area contributed by atoms with Crippen LogP contribution in [-0.4, -0.2) is 23.0 Å². The second kappa shape index (κ2) is 6.16. The van der Waals surface area contributed by atoms with Gasteiger partial charge in [-0.2, -0.15) is 0 Å². The Bertz CT molecular complexity index is 772. The van der Waals surface area contributed by atoms with Crippen molar-refractivity contribution in [1.29, 1.82) is 0 Å². The van der Waals surface area contributed by atoms with Gasteiger partial charge in [0.25, 0.3) is 0 Å². The SMILES string of the molecule is COC(=O)c1c2c(nc(-c3ccccc3)c1[N+](=O)[O-])CCCC2. The maximum absolute atomic E-state index is 12.2. The van der Waals surface area contributed by atoms with Crippen LogP contribution in [0.1, 0.15) is 34.5 Å². The van der Waals surface area contributed by atoms with Gasteiger partial charge in [0.1, 0.15) is 11.3 Å². The highest BCUT2D eigenvalue weighted by Crippen LogP contribution is 2.37. The van der Waals surface area contributed by atoms with Gasteiger partial charge in [0.05, 0.1) is 12.0 Å². The quantitative estimate of drug-likeness (QED) is 0.493. The summed E-state index contributed by atoms with van der Waals surface area (Å²) in [6.07, 6.45) is 3.19. The van der Waals surface area contributed by atoms with Crippen LogP contribution in [0.25, 0.3) is 11.3 Å². The number of benzene rings is 1. The van der Waals surface area contributed by atoms with Crippen LogP contribution in [0.2, 0.25) is 0 Å². The number of carbonyl (C=O) groups is 1. The molecule has 2 aromatic rings. The van der Waals surface area contributed by atoms with Crippen molar-refractivity contribution >= 4 is 11.7 Å². The highest BCUT2D eigenvalue weighted by atomic mass is 16.6. The zero-order valence-electron chi connectivity index (χ0n) is 12.7. The summed E-state index contributed by atoms with van der Waals surface area (Å²) in [7, 11) is 1.24. The molecule has 0 bridgehead atoms. The Labute approximate surface area is 133 Å². The minimum atomic E-state index is -0.672. The first-order chi connectivity index (χ1) is 11.1. The zero-order chi connectivity index (χ0) is 16.4. The number of carbonyl (C=O) groups excluding carboxylic acids is 1. The number of pyridine rings is 1. The van der Waals surface area contributed by atoms with Gasteiger partial charge in [-0.3, -0.25) is 10.1 Å². The van der Waals surface area contributed by atoms with E-state index in [9.17, 15) is 14.9 Å². The molecule has 0 amide bonds. The molecule has 0 aliphatic heterocycles. The van der Waals surface area contributed by atoms with E-state index in [1.54, 1.807) is 24.3 Å². The molecule has 1 heterocycles. The number of esters is 1. The Kier molecular flexibility index (Phi) is 4.06. The van der Waals surface area contributed by atoms with Crippen LogP contribution < -0.4 is 0 Å². The van der Waals surface area contributed by atoms with E-state index in [-0.39, 0.29) is 16.9 Å². The molecule has 1 aromatic heterocycles. The highest BCUT2D eigenvalue weighted by Gasteiger charge is 2.33. The van der Waals surface area contributed by atoms with Gasteiger partial charge in [-0.1, -0.05) is 30.3 Å². The number of aromatic nitrogens is 1. The van der Waals surface area contributed by atoms with E-state index in [1.165, 1.54) is 7.11 Å². The molecule has 23 heavy (non-hydrogen) atoms. The lowest BCUT2D eigenvalue weighted by atomic mass is 9.89. The Balaban J connectivity index is 2.36. The third-order valence-corrected chi connectivity index (χ3v) is 4.07. The minimum Gasteiger partial charge on any atom is -0.465 e. The summed E-state index contributed by atoms with van der Waals surface area (Å²) in [4.78, 5) is 27.9. The fourth-order valence-electron chi connectivity index (χ4n) is 3.03. The van der Waals surface area contributed by atoms with Crippen LogP contribution in [0, 0.1) is 10.1 Å². The number of aryl methyl sites for hydroxylation is 1. The lowest BCUT2D eigenvalue weighted by Gasteiger charge is -2.19. The first-order valence-electron chi connectivity index (χ1n) is 7.47. The molecule has 0 unspecified atom stereocenters. The standard InChI is InChI=1S/C17H16N2O4/c1-23-17(20)14-12-9-5-6-10-13(12)18-15(16(14)19(21)22)11-7-3-2-4-8-11/h2-4,7-8H,5-6,9-10H2,1H3. The summed E-state index contributed by atoms with van der Waals surface area (Å²) in [6, 6.07) is 8.92. The number of nitro groups is 1. The molecule has 6 heteroatoms. The Morgan fingerprint density at radius 1 is 1.22 bits per heavy atom. The average molecular weight is 312 g/mol. The van der Waals surface area contributed by atoms with E-state index in [4.69, 9.17) is 4.74 Å². The molecule has 1 aliphatic carbocycles. The van der Waals surface area contributed by atoms with Crippen LogP contribution in [0.3, 0.4) is 0 Å². The normalized spacial score (nSPS) is 13.3. The molecule has 1 aromatic carbocycles. The predicted octanol–water partition coefficient (Wildman–Crippen LogP) is 3.32. The van der Waals surface area contributed by atoms with Gasteiger partial charge >= 0.3 is 11.7 Å². The number of nitrogens with zero attached hydrogens (tertiary/aromatic N) is 2. The number of hydrogen-bond acceptors (Lipinski definition) is 5. The Hall–Kier alpha value is -2.76. The van der Waals surface area contributed by atoms with Crippen LogP contribution in [0.5, 0.6) is 0 Å². The summed E-state index contributed by atoms with van der Waals surface area (Å²) in [5.41, 5.74) is 2.08. The Morgan fingerprint density at radius 3 is 2.57 bits per heavy atom. The van der Waals surface area contributed by atoms with Gasteiger partial charge in [0.15, 0.2) is 0 Å². The third kappa shape index (κ3) is 2.67. The predicted molar refractivity (Wildman–Crippen MR) is 84.3 cm³/mol. The molecule has 0 fully saturated rings. The summed E-state index contributed by atoms with van der Waals surface area (Å²) in [5, 5.41) is 11.7. The molecule has 1 aliphatic rings. The van der Waals surface area contributed by atoms with Crippen molar-refractivity contribution < 1.29 is 14.5 Å². The average Bonchev–Trinajstić information content (AvgIpc) is 2.60. The number of methoxy groups -OCH3 is 1. The Morgan fingerprint density at radius 2 is 1.91 bits per heavy atom. The maximum Gasteiger partial charge on any atom is 0.345 e. The minimum absolute atomic E-state index is 0.0565. The zero-order valence-corrected chi connectivity index (χ0v) is 12.7. The van der Waals surface area contributed by atoms with Gasteiger partial charge in [0.2, 0.25) is 0 Å². The van der Waals surface area contributed by atoms with E-state index < -0.39 is 10.9 Å². The third-order valence-electron chi connectivity index (χ3n) is 4.07. The second-order valence-electron chi connectivity index (χ2n) is 5.43. The van der Waals surface area contributed by atoms with Gasteiger partial charge in [-0.25, -0.2) is 9.78 Å². The van der Waals surface area contributed by atoms with Crippen molar-refractivity contribution in [2.24, 2.45) is 0 Å². The van der Waals surface area contributed by atoms with E-state index in [1.807, 2.05) is 6.07 Å².